The van der Waals surface area contributed by atoms with E-state index in [9.17, 15) is 0 Å². The molecule has 1 aromatic heterocycles. The molecule has 0 radical (unpaired) electrons. The standard InChI is InChI=1S/C18H31N5O2.HI/c1-19-18(20-10-6-11-24-14-16-8-5-12-25-16)21-13-15-7-4-9-17(22-15)23(2)3;/h4,7,9,16H,5-6,8,10-14H2,1-3H3,(H2,19,20,21);1H. The van der Waals surface area contributed by atoms with Crippen LogP contribution in [0.1, 0.15) is 25.0 Å². The van der Waals surface area contributed by atoms with E-state index >= 15 is 0 Å². The Morgan fingerprint density at radius 2 is 2.23 bits per heavy atom. The van der Waals surface area contributed by atoms with Crippen LogP contribution in [0.15, 0.2) is 23.2 Å². The molecule has 1 aromatic rings. The summed E-state index contributed by atoms with van der Waals surface area (Å²) in [6.45, 7) is 3.77. The second-order valence-corrected chi connectivity index (χ2v) is 6.30. The number of nitrogens with one attached hydrogen (secondary N) is 2. The first-order valence-electron chi connectivity index (χ1n) is 8.96. The highest BCUT2D eigenvalue weighted by Gasteiger charge is 2.14. The predicted octanol–water partition coefficient (Wildman–Crippen LogP) is 2.02. The first kappa shape index (κ1) is 22.9. The van der Waals surface area contributed by atoms with Gasteiger partial charge in [-0.05, 0) is 31.4 Å². The highest BCUT2D eigenvalue weighted by Crippen LogP contribution is 2.11. The van der Waals surface area contributed by atoms with Crippen LogP contribution < -0.4 is 15.5 Å². The summed E-state index contributed by atoms with van der Waals surface area (Å²) in [6, 6.07) is 6.01. The number of rotatable bonds is 9. The predicted molar refractivity (Wildman–Crippen MR) is 117 cm³/mol. The van der Waals surface area contributed by atoms with Gasteiger partial charge in [-0.25, -0.2) is 4.98 Å². The zero-order chi connectivity index (χ0) is 17.9. The number of nitrogens with zero attached hydrogens (tertiary/aromatic N) is 3. The number of pyridine rings is 1. The fraction of sp³-hybridized carbons (Fsp3) is 0.667. The topological polar surface area (TPSA) is 71.0 Å². The zero-order valence-electron chi connectivity index (χ0n) is 16.0. The van der Waals surface area contributed by atoms with E-state index in [0.29, 0.717) is 19.3 Å². The number of aromatic nitrogens is 1. The van der Waals surface area contributed by atoms with Crippen LogP contribution in [0.25, 0.3) is 0 Å². The molecule has 2 heterocycles. The molecule has 7 nitrogen and oxygen atoms in total. The van der Waals surface area contributed by atoms with Crippen LogP contribution in [0.2, 0.25) is 0 Å². The largest absolute Gasteiger partial charge is 0.379 e. The molecule has 0 aromatic carbocycles. The van der Waals surface area contributed by atoms with Gasteiger partial charge in [0.15, 0.2) is 5.96 Å². The van der Waals surface area contributed by atoms with Gasteiger partial charge in [-0.15, -0.1) is 24.0 Å². The van der Waals surface area contributed by atoms with E-state index in [4.69, 9.17) is 9.47 Å². The number of hydrogen-bond donors (Lipinski definition) is 2. The number of hydrogen-bond acceptors (Lipinski definition) is 5. The third-order valence-electron chi connectivity index (χ3n) is 4.00. The van der Waals surface area contributed by atoms with Gasteiger partial charge in [-0.3, -0.25) is 4.99 Å². The molecule has 0 amide bonds. The summed E-state index contributed by atoms with van der Waals surface area (Å²) < 4.78 is 11.2. The highest BCUT2D eigenvalue weighted by atomic mass is 127. The van der Waals surface area contributed by atoms with Crippen molar-refractivity contribution < 1.29 is 9.47 Å². The van der Waals surface area contributed by atoms with E-state index in [1.165, 1.54) is 0 Å². The second kappa shape index (κ2) is 13.1. The van der Waals surface area contributed by atoms with Gasteiger partial charge in [0.1, 0.15) is 5.82 Å². The molecule has 1 atom stereocenters. The van der Waals surface area contributed by atoms with Gasteiger partial charge in [0, 0.05) is 40.9 Å². The normalized spacial score (nSPS) is 16.9. The zero-order valence-corrected chi connectivity index (χ0v) is 18.4. The molecular weight excluding hydrogens is 445 g/mol. The number of ether oxygens (including phenoxy) is 2. The summed E-state index contributed by atoms with van der Waals surface area (Å²) in [5, 5.41) is 6.58. The van der Waals surface area contributed by atoms with Crippen molar-refractivity contribution in [2.45, 2.75) is 31.9 Å². The van der Waals surface area contributed by atoms with Crippen LogP contribution in [0.4, 0.5) is 5.82 Å². The lowest BCUT2D eigenvalue weighted by atomic mass is 10.2. The van der Waals surface area contributed by atoms with Gasteiger partial charge in [-0.1, -0.05) is 6.07 Å². The Morgan fingerprint density at radius 1 is 1.38 bits per heavy atom. The maximum absolute atomic E-state index is 5.66. The Balaban J connectivity index is 0.00000338. The Hall–Kier alpha value is -1.13. The summed E-state index contributed by atoms with van der Waals surface area (Å²) in [7, 11) is 5.74. The number of guanidine groups is 1. The number of anilines is 1. The average molecular weight is 477 g/mol. The quantitative estimate of drug-likeness (QED) is 0.246. The molecule has 0 spiro atoms. The van der Waals surface area contributed by atoms with E-state index < -0.39 is 0 Å². The van der Waals surface area contributed by atoms with Crippen molar-refractivity contribution in [3.05, 3.63) is 23.9 Å². The van der Waals surface area contributed by atoms with Gasteiger partial charge < -0.3 is 25.0 Å². The fourth-order valence-corrected chi connectivity index (χ4v) is 2.58. The molecule has 0 saturated carbocycles. The Bertz CT molecular complexity index is 536. The molecule has 8 heteroatoms. The van der Waals surface area contributed by atoms with Crippen LogP contribution in [0.3, 0.4) is 0 Å². The molecule has 1 unspecified atom stereocenters. The van der Waals surface area contributed by atoms with Crippen molar-refractivity contribution in [2.24, 2.45) is 4.99 Å². The highest BCUT2D eigenvalue weighted by molar-refractivity contribution is 14.0. The summed E-state index contributed by atoms with van der Waals surface area (Å²) in [6.07, 6.45) is 3.51. The molecular formula is C18H32IN5O2. The van der Waals surface area contributed by atoms with E-state index in [-0.39, 0.29) is 24.0 Å². The minimum Gasteiger partial charge on any atom is -0.379 e. The Kier molecular flexibility index (Phi) is 11.5. The first-order valence-corrected chi connectivity index (χ1v) is 8.96. The second-order valence-electron chi connectivity index (χ2n) is 6.30. The van der Waals surface area contributed by atoms with E-state index in [0.717, 1.165) is 56.5 Å². The van der Waals surface area contributed by atoms with Crippen LogP contribution in [-0.2, 0) is 16.0 Å². The van der Waals surface area contributed by atoms with Crippen molar-refractivity contribution in [1.82, 2.24) is 15.6 Å². The number of halogens is 1. The molecule has 1 aliphatic rings. The molecule has 148 valence electrons. The summed E-state index contributed by atoms with van der Waals surface area (Å²) >= 11 is 0. The minimum absolute atomic E-state index is 0. The van der Waals surface area contributed by atoms with Crippen molar-refractivity contribution in [2.75, 3.05) is 52.4 Å². The van der Waals surface area contributed by atoms with E-state index in [1.54, 1.807) is 7.05 Å². The third kappa shape index (κ3) is 8.50. The van der Waals surface area contributed by atoms with Crippen molar-refractivity contribution >= 4 is 35.8 Å². The molecule has 2 N–H and O–H groups in total. The summed E-state index contributed by atoms with van der Waals surface area (Å²) in [4.78, 5) is 10.8. The molecule has 1 saturated heterocycles. The van der Waals surface area contributed by atoms with E-state index in [2.05, 4.69) is 20.6 Å². The first-order chi connectivity index (χ1) is 12.2. The molecule has 1 fully saturated rings. The van der Waals surface area contributed by atoms with Crippen molar-refractivity contribution in [1.29, 1.82) is 0 Å². The van der Waals surface area contributed by atoms with Gasteiger partial charge >= 0.3 is 0 Å². The number of aliphatic imine (C=N–C) groups is 1. The maximum atomic E-state index is 5.66. The van der Waals surface area contributed by atoms with Gasteiger partial charge in [-0.2, -0.15) is 0 Å². The molecule has 26 heavy (non-hydrogen) atoms. The van der Waals surface area contributed by atoms with Crippen molar-refractivity contribution in [3.8, 4) is 0 Å². The summed E-state index contributed by atoms with van der Waals surface area (Å²) in [5.74, 6) is 1.72. The van der Waals surface area contributed by atoms with Crippen LogP contribution >= 0.6 is 24.0 Å². The lowest BCUT2D eigenvalue weighted by Gasteiger charge is -2.14. The lowest BCUT2D eigenvalue weighted by Crippen LogP contribution is -2.37. The van der Waals surface area contributed by atoms with Crippen LogP contribution in [-0.4, -0.2) is 64.6 Å². The third-order valence-corrected chi connectivity index (χ3v) is 4.00. The van der Waals surface area contributed by atoms with E-state index in [1.807, 2.05) is 37.2 Å². The fourth-order valence-electron chi connectivity index (χ4n) is 2.58. The Labute approximate surface area is 174 Å². The van der Waals surface area contributed by atoms with Crippen LogP contribution in [0.5, 0.6) is 0 Å². The molecule has 2 rings (SSSR count). The van der Waals surface area contributed by atoms with Crippen molar-refractivity contribution in [3.63, 3.8) is 0 Å². The van der Waals surface area contributed by atoms with Crippen LogP contribution in [0, 0.1) is 0 Å². The smallest absolute Gasteiger partial charge is 0.191 e. The summed E-state index contributed by atoms with van der Waals surface area (Å²) in [5.41, 5.74) is 0.981. The van der Waals surface area contributed by atoms with Gasteiger partial charge in [0.05, 0.1) is 24.9 Å². The molecule has 0 aliphatic carbocycles. The van der Waals surface area contributed by atoms with Gasteiger partial charge in [0.2, 0.25) is 0 Å². The average Bonchev–Trinajstić information content (AvgIpc) is 3.14. The maximum Gasteiger partial charge on any atom is 0.191 e. The SMILES string of the molecule is CN=C(NCCCOCC1CCCO1)NCc1cccc(N(C)C)n1.I. The monoisotopic (exact) mass is 477 g/mol. The minimum atomic E-state index is 0. The van der Waals surface area contributed by atoms with Gasteiger partial charge in [0.25, 0.3) is 0 Å². The molecule has 0 bridgehead atoms. The molecule has 1 aliphatic heterocycles. The lowest BCUT2D eigenvalue weighted by molar-refractivity contribution is 0.0168. The Morgan fingerprint density at radius 3 is 2.92 bits per heavy atom.